The molecule has 11 heteroatoms. The quantitative estimate of drug-likeness (QED) is 0.416. The normalized spacial score (nSPS) is 10.7. The minimum absolute atomic E-state index is 0.148. The number of ether oxygens (including phenoxy) is 1. The Labute approximate surface area is 187 Å². The lowest BCUT2D eigenvalue weighted by Gasteiger charge is -2.11. The number of rotatable bonds is 8. The van der Waals surface area contributed by atoms with E-state index in [1.165, 1.54) is 21.5 Å². The van der Waals surface area contributed by atoms with Crippen LogP contribution in [0.3, 0.4) is 0 Å². The van der Waals surface area contributed by atoms with Gasteiger partial charge in [-0.3, -0.25) is 14.4 Å². The number of methoxy groups -OCH3 is 1. The van der Waals surface area contributed by atoms with Crippen LogP contribution in [-0.4, -0.2) is 48.9 Å². The summed E-state index contributed by atoms with van der Waals surface area (Å²) in [5.41, 5.74) is 0.499. The van der Waals surface area contributed by atoms with Crippen LogP contribution in [0.15, 0.2) is 76.6 Å². The Hall–Kier alpha value is -4.54. The van der Waals surface area contributed by atoms with Crippen molar-refractivity contribution in [2.75, 3.05) is 13.7 Å². The van der Waals surface area contributed by atoms with Crippen LogP contribution in [-0.2, 0) is 17.9 Å². The van der Waals surface area contributed by atoms with Crippen LogP contribution in [0.2, 0.25) is 0 Å². The summed E-state index contributed by atoms with van der Waals surface area (Å²) in [5, 5.41) is 15.3. The van der Waals surface area contributed by atoms with Gasteiger partial charge in [0.15, 0.2) is 5.82 Å². The minimum atomic E-state index is -0.418. The van der Waals surface area contributed by atoms with E-state index in [0.29, 0.717) is 22.8 Å². The third-order valence-corrected chi connectivity index (χ3v) is 4.78. The number of aromatic nitrogens is 6. The fraction of sp³-hybridized carbons (Fsp3) is 0.182. The monoisotopic (exact) mass is 447 g/mol. The molecular formula is C22H21N7O4. The highest BCUT2D eigenvalue weighted by Gasteiger charge is 2.11. The summed E-state index contributed by atoms with van der Waals surface area (Å²) in [6.45, 7) is 0.0377. The molecule has 168 valence electrons. The Morgan fingerprint density at radius 3 is 2.55 bits per heavy atom. The van der Waals surface area contributed by atoms with Crippen molar-refractivity contribution in [1.29, 1.82) is 0 Å². The van der Waals surface area contributed by atoms with Gasteiger partial charge in [0.2, 0.25) is 5.91 Å². The van der Waals surface area contributed by atoms with Gasteiger partial charge in [0.25, 0.3) is 11.1 Å². The van der Waals surface area contributed by atoms with E-state index >= 15 is 0 Å². The highest BCUT2D eigenvalue weighted by Crippen LogP contribution is 2.27. The number of benzene rings is 1. The summed E-state index contributed by atoms with van der Waals surface area (Å²) in [6.07, 6.45) is 3.32. The van der Waals surface area contributed by atoms with E-state index in [4.69, 9.17) is 4.74 Å². The van der Waals surface area contributed by atoms with Crippen molar-refractivity contribution in [1.82, 2.24) is 34.7 Å². The van der Waals surface area contributed by atoms with E-state index in [1.54, 1.807) is 43.8 Å². The number of carbonyl (C=O) groups excluding carboxylic acids is 1. The van der Waals surface area contributed by atoms with Crippen LogP contribution in [0, 0.1) is 0 Å². The number of hydrogen-bond acceptors (Lipinski definition) is 7. The van der Waals surface area contributed by atoms with E-state index in [-0.39, 0.29) is 25.2 Å². The molecule has 3 aromatic heterocycles. The number of amides is 1. The van der Waals surface area contributed by atoms with E-state index in [9.17, 15) is 14.4 Å². The van der Waals surface area contributed by atoms with Gasteiger partial charge in [0, 0.05) is 36.6 Å². The highest BCUT2D eigenvalue weighted by molar-refractivity contribution is 5.75. The fourth-order valence-electron chi connectivity index (χ4n) is 3.18. The van der Waals surface area contributed by atoms with Crippen LogP contribution >= 0.6 is 0 Å². The van der Waals surface area contributed by atoms with Crippen molar-refractivity contribution in [3.05, 3.63) is 87.7 Å². The number of para-hydroxylation sites is 1. The largest absolute Gasteiger partial charge is 0.496 e. The molecule has 0 aliphatic rings. The summed E-state index contributed by atoms with van der Waals surface area (Å²) in [7, 11) is 1.55. The van der Waals surface area contributed by atoms with Gasteiger partial charge < -0.3 is 10.1 Å². The smallest absolute Gasteiger partial charge is 0.267 e. The first-order chi connectivity index (χ1) is 16.0. The lowest BCUT2D eigenvalue weighted by molar-refractivity contribution is -0.121. The molecule has 0 fully saturated rings. The van der Waals surface area contributed by atoms with Gasteiger partial charge in [-0.15, -0.1) is 5.10 Å². The number of nitrogens with one attached hydrogen (secondary N) is 1. The van der Waals surface area contributed by atoms with Gasteiger partial charge in [-0.1, -0.05) is 12.1 Å². The van der Waals surface area contributed by atoms with Gasteiger partial charge in [-0.25, -0.2) is 14.0 Å². The lowest BCUT2D eigenvalue weighted by Crippen LogP contribution is -2.36. The second-order valence-electron chi connectivity index (χ2n) is 6.97. The van der Waals surface area contributed by atoms with Crippen LogP contribution in [0.5, 0.6) is 5.75 Å². The van der Waals surface area contributed by atoms with Gasteiger partial charge in [-0.2, -0.15) is 10.2 Å². The summed E-state index contributed by atoms with van der Waals surface area (Å²) in [4.78, 5) is 36.7. The van der Waals surface area contributed by atoms with Crippen molar-refractivity contribution < 1.29 is 9.53 Å². The number of hydrogen-bond donors (Lipinski definition) is 1. The van der Waals surface area contributed by atoms with Gasteiger partial charge in [-0.05, 0) is 30.3 Å². The second-order valence-corrected chi connectivity index (χ2v) is 6.97. The predicted molar refractivity (Wildman–Crippen MR) is 119 cm³/mol. The molecule has 0 bridgehead atoms. The third kappa shape index (κ3) is 5.03. The average molecular weight is 447 g/mol. The van der Waals surface area contributed by atoms with Crippen LogP contribution < -0.4 is 21.2 Å². The molecule has 0 spiro atoms. The van der Waals surface area contributed by atoms with E-state index in [2.05, 4.69) is 20.6 Å². The molecule has 4 aromatic rings. The maximum Gasteiger partial charge on any atom is 0.267 e. The van der Waals surface area contributed by atoms with Gasteiger partial charge in [0.05, 0.1) is 19.3 Å². The lowest BCUT2D eigenvalue weighted by atomic mass is 10.1. The number of nitrogens with zero attached hydrogens (tertiary/aromatic N) is 6. The SMILES string of the molecule is COc1ccccc1-c1ccc(=O)n(CC(=O)NCCn2nc(-n3cccn3)ccc2=O)n1. The van der Waals surface area contributed by atoms with Crippen molar-refractivity contribution >= 4 is 5.91 Å². The van der Waals surface area contributed by atoms with Crippen LogP contribution in [0.1, 0.15) is 0 Å². The molecule has 0 radical (unpaired) electrons. The average Bonchev–Trinajstić information content (AvgIpc) is 3.37. The van der Waals surface area contributed by atoms with E-state index in [1.807, 2.05) is 18.2 Å². The fourth-order valence-corrected chi connectivity index (χ4v) is 3.18. The Morgan fingerprint density at radius 2 is 1.76 bits per heavy atom. The number of carbonyl (C=O) groups is 1. The van der Waals surface area contributed by atoms with Crippen molar-refractivity contribution in [3.8, 4) is 22.8 Å². The molecule has 0 aliphatic carbocycles. The molecule has 4 rings (SSSR count). The molecule has 0 saturated carbocycles. The predicted octanol–water partition coefficient (Wildman–Crippen LogP) is 0.478. The Morgan fingerprint density at radius 1 is 0.970 bits per heavy atom. The first kappa shape index (κ1) is 21.7. The van der Waals surface area contributed by atoms with Crippen molar-refractivity contribution in [2.24, 2.45) is 0 Å². The molecule has 0 unspecified atom stereocenters. The standard InChI is InChI=1S/C22H21N7O4/c1-33-18-6-3-2-5-16(18)17-7-9-22(32)29(25-17)15-20(30)23-12-14-28-21(31)10-8-19(26-28)27-13-4-11-24-27/h2-11,13H,12,14-15H2,1H3,(H,23,30). The first-order valence-corrected chi connectivity index (χ1v) is 10.1. The van der Waals surface area contributed by atoms with Crippen LogP contribution in [0.4, 0.5) is 0 Å². The zero-order chi connectivity index (χ0) is 23.2. The Bertz CT molecular complexity index is 1380. The van der Waals surface area contributed by atoms with Crippen LogP contribution in [0.25, 0.3) is 17.1 Å². The molecule has 1 N–H and O–H groups in total. The highest BCUT2D eigenvalue weighted by atomic mass is 16.5. The maximum absolute atomic E-state index is 12.4. The summed E-state index contributed by atoms with van der Waals surface area (Å²) in [6, 6.07) is 14.9. The molecule has 0 saturated heterocycles. The molecule has 3 heterocycles. The second kappa shape index (κ2) is 9.73. The molecular weight excluding hydrogens is 426 g/mol. The minimum Gasteiger partial charge on any atom is -0.496 e. The Kier molecular flexibility index (Phi) is 6.39. The van der Waals surface area contributed by atoms with E-state index < -0.39 is 11.5 Å². The van der Waals surface area contributed by atoms with E-state index in [0.717, 1.165) is 4.68 Å². The molecule has 0 aliphatic heterocycles. The topological polar surface area (TPSA) is 126 Å². The third-order valence-electron chi connectivity index (χ3n) is 4.78. The summed E-state index contributed by atoms with van der Waals surface area (Å²) >= 11 is 0. The summed E-state index contributed by atoms with van der Waals surface area (Å²) < 4.78 is 9.19. The van der Waals surface area contributed by atoms with Gasteiger partial charge >= 0.3 is 0 Å². The molecule has 33 heavy (non-hydrogen) atoms. The zero-order valence-corrected chi connectivity index (χ0v) is 17.8. The van der Waals surface area contributed by atoms with Crippen molar-refractivity contribution in [2.45, 2.75) is 13.1 Å². The summed E-state index contributed by atoms with van der Waals surface area (Å²) in [5.74, 6) is 0.669. The Balaban J connectivity index is 1.41. The molecule has 1 amide bonds. The molecule has 1 aromatic carbocycles. The van der Waals surface area contributed by atoms with Gasteiger partial charge in [0.1, 0.15) is 12.3 Å². The first-order valence-electron chi connectivity index (χ1n) is 10.1. The zero-order valence-electron chi connectivity index (χ0n) is 17.8. The molecule has 11 nitrogen and oxygen atoms in total. The molecule has 0 atom stereocenters. The van der Waals surface area contributed by atoms with Crippen molar-refractivity contribution in [3.63, 3.8) is 0 Å². The maximum atomic E-state index is 12.4.